The van der Waals surface area contributed by atoms with Crippen molar-refractivity contribution < 1.29 is 14.7 Å². The molecule has 8 heteroatoms. The van der Waals surface area contributed by atoms with Crippen molar-refractivity contribution in [1.82, 2.24) is 9.88 Å². The van der Waals surface area contributed by atoms with Gasteiger partial charge in [-0.15, -0.1) is 0 Å². The standard InChI is InChI=1S/C23H29ClN4O3/c1-14(2)8-18-12-27(21(29)10-22(30)31)13-20(16-6-4-15(3)5-7-16)28(18)23-19(25)9-17(24)11-26-23/h4-7,9,11,14,18,20H,8,10,12-13,25H2,1-3H3,(H,30,31)/t18-,20-/m0/s1. The van der Waals surface area contributed by atoms with Gasteiger partial charge in [-0.1, -0.05) is 55.3 Å². The number of carbonyl (C=O) groups is 2. The van der Waals surface area contributed by atoms with Crippen molar-refractivity contribution in [2.24, 2.45) is 5.92 Å². The molecule has 2 aromatic rings. The number of aromatic nitrogens is 1. The largest absolute Gasteiger partial charge is 0.481 e. The van der Waals surface area contributed by atoms with Crippen LogP contribution < -0.4 is 10.6 Å². The van der Waals surface area contributed by atoms with Gasteiger partial charge in [-0.2, -0.15) is 0 Å². The molecular formula is C23H29ClN4O3. The molecule has 0 radical (unpaired) electrons. The molecule has 1 amide bonds. The van der Waals surface area contributed by atoms with Gasteiger partial charge in [-0.05, 0) is 30.9 Å². The molecule has 1 aliphatic heterocycles. The van der Waals surface area contributed by atoms with Crippen LogP contribution in [0.15, 0.2) is 36.5 Å². The molecule has 31 heavy (non-hydrogen) atoms. The molecule has 3 N–H and O–H groups in total. The number of aliphatic carboxylic acids is 1. The first-order chi connectivity index (χ1) is 14.7. The van der Waals surface area contributed by atoms with Gasteiger partial charge in [0.1, 0.15) is 6.42 Å². The second-order valence-electron chi connectivity index (χ2n) is 8.55. The van der Waals surface area contributed by atoms with Gasteiger partial charge in [0.15, 0.2) is 5.82 Å². The van der Waals surface area contributed by atoms with Crippen molar-refractivity contribution in [1.29, 1.82) is 0 Å². The fourth-order valence-electron chi connectivity index (χ4n) is 4.18. The first-order valence-corrected chi connectivity index (χ1v) is 10.8. The lowest BCUT2D eigenvalue weighted by Gasteiger charge is -2.48. The van der Waals surface area contributed by atoms with Crippen LogP contribution >= 0.6 is 11.6 Å². The van der Waals surface area contributed by atoms with Crippen molar-refractivity contribution in [2.45, 2.75) is 45.7 Å². The Bertz CT molecular complexity index is 948. The van der Waals surface area contributed by atoms with E-state index in [1.807, 2.05) is 31.2 Å². The molecule has 1 aromatic heterocycles. The topological polar surface area (TPSA) is 99.8 Å². The number of hydrogen-bond acceptors (Lipinski definition) is 5. The minimum Gasteiger partial charge on any atom is -0.481 e. The Hall–Kier alpha value is -2.80. The second kappa shape index (κ2) is 9.56. The Morgan fingerprint density at radius 1 is 1.26 bits per heavy atom. The molecule has 0 spiro atoms. The molecule has 3 rings (SSSR count). The zero-order valence-corrected chi connectivity index (χ0v) is 18.8. The molecule has 2 atom stereocenters. The smallest absolute Gasteiger partial charge is 0.312 e. The average Bonchev–Trinajstić information content (AvgIpc) is 2.68. The van der Waals surface area contributed by atoms with Crippen molar-refractivity contribution >= 4 is 35.0 Å². The molecule has 7 nitrogen and oxygen atoms in total. The number of carbonyl (C=O) groups excluding carboxylic acids is 1. The number of pyridine rings is 1. The Labute approximate surface area is 187 Å². The lowest BCUT2D eigenvalue weighted by molar-refractivity contribution is -0.144. The Kier molecular flexibility index (Phi) is 7.05. The van der Waals surface area contributed by atoms with Crippen LogP contribution in [0, 0.1) is 12.8 Å². The van der Waals surface area contributed by atoms with E-state index in [1.54, 1.807) is 17.2 Å². The number of nitrogens with two attached hydrogens (primary N) is 1. The lowest BCUT2D eigenvalue weighted by Crippen LogP contribution is -2.57. The molecule has 0 unspecified atom stereocenters. The molecule has 1 aliphatic rings. The molecule has 1 saturated heterocycles. The third-order valence-corrected chi connectivity index (χ3v) is 5.73. The summed E-state index contributed by atoms with van der Waals surface area (Å²) in [6.07, 6.45) is 1.85. The number of nitrogen functional groups attached to an aromatic ring is 1. The highest BCUT2D eigenvalue weighted by atomic mass is 35.5. The molecule has 2 heterocycles. The van der Waals surface area contributed by atoms with Gasteiger partial charge in [0.05, 0.1) is 16.8 Å². The highest BCUT2D eigenvalue weighted by Gasteiger charge is 2.39. The number of aryl methyl sites for hydroxylation is 1. The second-order valence-corrected chi connectivity index (χ2v) is 8.99. The summed E-state index contributed by atoms with van der Waals surface area (Å²) in [5.74, 6) is -0.515. The maximum Gasteiger partial charge on any atom is 0.312 e. The van der Waals surface area contributed by atoms with Gasteiger partial charge >= 0.3 is 5.97 Å². The number of rotatable bonds is 6. The third kappa shape index (κ3) is 5.47. The summed E-state index contributed by atoms with van der Waals surface area (Å²) < 4.78 is 0. The van der Waals surface area contributed by atoms with Gasteiger partial charge < -0.3 is 20.6 Å². The summed E-state index contributed by atoms with van der Waals surface area (Å²) in [4.78, 5) is 32.2. The first-order valence-electron chi connectivity index (χ1n) is 10.4. The molecule has 1 aromatic carbocycles. The highest BCUT2D eigenvalue weighted by molar-refractivity contribution is 6.30. The van der Waals surface area contributed by atoms with Crippen LogP contribution in [0.25, 0.3) is 0 Å². The van der Waals surface area contributed by atoms with E-state index in [1.165, 1.54) is 0 Å². The number of nitrogens with zero attached hydrogens (tertiary/aromatic N) is 3. The van der Waals surface area contributed by atoms with Crippen LogP contribution in [-0.4, -0.2) is 46.0 Å². The number of benzene rings is 1. The van der Waals surface area contributed by atoms with E-state index >= 15 is 0 Å². The summed E-state index contributed by atoms with van der Waals surface area (Å²) in [6.45, 7) is 7.03. The maximum atomic E-state index is 12.7. The highest BCUT2D eigenvalue weighted by Crippen LogP contribution is 2.38. The predicted molar refractivity (Wildman–Crippen MR) is 122 cm³/mol. The fraction of sp³-hybridized carbons (Fsp3) is 0.435. The Balaban J connectivity index is 2.08. The lowest BCUT2D eigenvalue weighted by atomic mass is 9.93. The molecule has 0 saturated carbocycles. The van der Waals surface area contributed by atoms with Crippen LogP contribution in [0.3, 0.4) is 0 Å². The predicted octanol–water partition coefficient (Wildman–Crippen LogP) is 3.90. The average molecular weight is 445 g/mol. The van der Waals surface area contributed by atoms with Gasteiger partial charge in [-0.25, -0.2) is 4.98 Å². The quantitative estimate of drug-likeness (QED) is 0.655. The van der Waals surface area contributed by atoms with E-state index in [4.69, 9.17) is 22.4 Å². The zero-order valence-electron chi connectivity index (χ0n) is 18.1. The van der Waals surface area contributed by atoms with Crippen LogP contribution in [-0.2, 0) is 9.59 Å². The van der Waals surface area contributed by atoms with Crippen molar-refractivity contribution in [2.75, 3.05) is 23.7 Å². The van der Waals surface area contributed by atoms with Crippen LogP contribution in [0.5, 0.6) is 0 Å². The summed E-state index contributed by atoms with van der Waals surface area (Å²) in [7, 11) is 0. The number of carboxylic acid groups (broad SMARTS) is 1. The monoisotopic (exact) mass is 444 g/mol. The molecular weight excluding hydrogens is 416 g/mol. The number of halogens is 1. The zero-order chi connectivity index (χ0) is 22.7. The number of hydrogen-bond donors (Lipinski definition) is 2. The number of carboxylic acids is 1. The van der Waals surface area contributed by atoms with E-state index < -0.39 is 12.4 Å². The van der Waals surface area contributed by atoms with Gasteiger partial charge in [0, 0.05) is 25.3 Å². The van der Waals surface area contributed by atoms with Gasteiger partial charge in [0.25, 0.3) is 0 Å². The minimum atomic E-state index is -1.12. The normalized spacial score (nSPS) is 19.0. The van der Waals surface area contributed by atoms with Crippen molar-refractivity contribution in [3.63, 3.8) is 0 Å². The number of anilines is 2. The van der Waals surface area contributed by atoms with E-state index in [9.17, 15) is 9.59 Å². The Morgan fingerprint density at radius 3 is 2.52 bits per heavy atom. The van der Waals surface area contributed by atoms with E-state index in [2.05, 4.69) is 23.7 Å². The van der Waals surface area contributed by atoms with E-state index in [0.717, 1.165) is 17.5 Å². The van der Waals surface area contributed by atoms with Gasteiger partial charge in [-0.3, -0.25) is 9.59 Å². The van der Waals surface area contributed by atoms with Crippen LogP contribution in [0.1, 0.15) is 43.9 Å². The van der Waals surface area contributed by atoms with Crippen LogP contribution in [0.2, 0.25) is 5.02 Å². The maximum absolute atomic E-state index is 12.7. The first kappa shape index (κ1) is 22.9. The number of piperazine rings is 1. The minimum absolute atomic E-state index is 0.0752. The SMILES string of the molecule is Cc1ccc([C@@H]2CN(C(=O)CC(=O)O)C[C@H](CC(C)C)N2c2ncc(Cl)cc2N)cc1. The summed E-state index contributed by atoms with van der Waals surface area (Å²) >= 11 is 6.09. The van der Waals surface area contributed by atoms with Gasteiger partial charge in [0.2, 0.25) is 5.91 Å². The fourth-order valence-corrected chi connectivity index (χ4v) is 4.35. The Morgan fingerprint density at radius 2 is 1.94 bits per heavy atom. The molecule has 0 bridgehead atoms. The van der Waals surface area contributed by atoms with Crippen molar-refractivity contribution in [3.8, 4) is 0 Å². The molecule has 0 aliphatic carbocycles. The molecule has 1 fully saturated rings. The summed E-state index contributed by atoms with van der Waals surface area (Å²) in [5, 5.41) is 9.60. The summed E-state index contributed by atoms with van der Waals surface area (Å²) in [6, 6.07) is 9.53. The summed E-state index contributed by atoms with van der Waals surface area (Å²) in [5.41, 5.74) is 8.95. The molecule has 166 valence electrons. The van der Waals surface area contributed by atoms with E-state index in [-0.39, 0.29) is 18.0 Å². The van der Waals surface area contributed by atoms with E-state index in [0.29, 0.717) is 35.5 Å². The third-order valence-electron chi connectivity index (χ3n) is 5.52. The van der Waals surface area contributed by atoms with Crippen LogP contribution in [0.4, 0.5) is 11.5 Å². The van der Waals surface area contributed by atoms with Crippen molar-refractivity contribution in [3.05, 3.63) is 52.7 Å². The number of amides is 1.